The summed E-state index contributed by atoms with van der Waals surface area (Å²) >= 11 is 0. The second-order valence-corrected chi connectivity index (χ2v) is 5.00. The molecule has 2 aromatic heterocycles. The molecule has 120 valence electrons. The number of aryl methyl sites for hydroxylation is 1. The van der Waals surface area contributed by atoms with Crippen LogP contribution in [0, 0.1) is 0 Å². The van der Waals surface area contributed by atoms with Gasteiger partial charge in [0.25, 0.3) is 0 Å². The van der Waals surface area contributed by atoms with Crippen molar-refractivity contribution >= 4 is 0 Å². The number of rotatable bonds is 4. The van der Waals surface area contributed by atoms with Gasteiger partial charge in [0.15, 0.2) is 0 Å². The van der Waals surface area contributed by atoms with Crippen LogP contribution in [-0.2, 0) is 19.1 Å². The van der Waals surface area contributed by atoms with Crippen molar-refractivity contribution in [1.29, 1.82) is 0 Å². The van der Waals surface area contributed by atoms with Gasteiger partial charge in [-0.25, -0.2) is 0 Å². The molecule has 0 N–H and O–H groups in total. The summed E-state index contributed by atoms with van der Waals surface area (Å²) in [6.07, 6.45) is -0.181. The molecule has 3 rings (SSSR count). The summed E-state index contributed by atoms with van der Waals surface area (Å²) in [5.41, 5.74) is 2.56. The molecule has 0 spiro atoms. The van der Waals surface area contributed by atoms with E-state index in [9.17, 15) is 13.2 Å². The lowest BCUT2D eigenvalue weighted by Crippen LogP contribution is -2.04. The standard InChI is InChI=1S/C15H13F3N4O/c1-2-22-9-11(8-19-22)7-10-3-5-12(6-4-10)13-20-14(23-21-13)15(16,17)18/h3-6,8-9H,2,7H2,1H3. The number of alkyl halides is 3. The van der Waals surface area contributed by atoms with E-state index in [2.05, 4.69) is 19.8 Å². The summed E-state index contributed by atoms with van der Waals surface area (Å²) in [4.78, 5) is 3.36. The molecule has 0 aliphatic carbocycles. The fourth-order valence-electron chi connectivity index (χ4n) is 2.13. The Balaban J connectivity index is 1.75. The summed E-state index contributed by atoms with van der Waals surface area (Å²) in [5.74, 6) is -1.42. The molecule has 0 aliphatic rings. The lowest BCUT2D eigenvalue weighted by atomic mass is 10.1. The van der Waals surface area contributed by atoms with E-state index < -0.39 is 12.1 Å². The molecule has 0 bridgehead atoms. The first-order valence-electron chi connectivity index (χ1n) is 6.97. The average molecular weight is 322 g/mol. The van der Waals surface area contributed by atoms with Crippen LogP contribution in [0.1, 0.15) is 23.9 Å². The van der Waals surface area contributed by atoms with Crippen molar-refractivity contribution in [3.63, 3.8) is 0 Å². The highest BCUT2D eigenvalue weighted by Gasteiger charge is 2.38. The lowest BCUT2D eigenvalue weighted by Gasteiger charge is -2.00. The van der Waals surface area contributed by atoms with E-state index in [1.54, 1.807) is 18.3 Å². The first kappa shape index (κ1) is 15.3. The third-order valence-electron chi connectivity index (χ3n) is 3.30. The molecule has 8 heteroatoms. The SMILES string of the molecule is CCn1cc(Cc2ccc(-c3noc(C(F)(F)F)n3)cc2)cn1. The van der Waals surface area contributed by atoms with Crippen LogP contribution in [0.3, 0.4) is 0 Å². The molecule has 0 unspecified atom stereocenters. The third-order valence-corrected chi connectivity index (χ3v) is 3.30. The second-order valence-electron chi connectivity index (χ2n) is 5.00. The van der Waals surface area contributed by atoms with E-state index in [1.165, 1.54) is 0 Å². The fourth-order valence-corrected chi connectivity index (χ4v) is 2.13. The van der Waals surface area contributed by atoms with Gasteiger partial charge in [0.1, 0.15) is 0 Å². The number of hydrogen-bond acceptors (Lipinski definition) is 4. The normalized spacial score (nSPS) is 11.8. The molecule has 0 radical (unpaired) electrons. The van der Waals surface area contributed by atoms with Gasteiger partial charge < -0.3 is 4.52 Å². The first-order chi connectivity index (χ1) is 11.0. The quantitative estimate of drug-likeness (QED) is 0.737. The first-order valence-corrected chi connectivity index (χ1v) is 6.97. The maximum absolute atomic E-state index is 12.5. The van der Waals surface area contributed by atoms with Gasteiger partial charge in [-0.3, -0.25) is 4.68 Å². The zero-order chi connectivity index (χ0) is 16.4. The maximum Gasteiger partial charge on any atom is 0.471 e. The van der Waals surface area contributed by atoms with Crippen molar-refractivity contribution < 1.29 is 17.7 Å². The van der Waals surface area contributed by atoms with E-state index in [0.717, 1.165) is 17.7 Å². The van der Waals surface area contributed by atoms with Gasteiger partial charge in [-0.15, -0.1) is 0 Å². The highest BCUT2D eigenvalue weighted by Crippen LogP contribution is 2.29. The van der Waals surface area contributed by atoms with Crippen molar-refractivity contribution in [2.24, 2.45) is 0 Å². The highest BCUT2D eigenvalue weighted by atomic mass is 19.4. The summed E-state index contributed by atoms with van der Waals surface area (Å²) < 4.78 is 43.4. The van der Waals surface area contributed by atoms with Crippen LogP contribution in [0.15, 0.2) is 41.2 Å². The van der Waals surface area contributed by atoms with Crippen molar-refractivity contribution in [1.82, 2.24) is 19.9 Å². The van der Waals surface area contributed by atoms with Gasteiger partial charge in [-0.05, 0) is 18.1 Å². The molecule has 23 heavy (non-hydrogen) atoms. The van der Waals surface area contributed by atoms with Crippen LogP contribution >= 0.6 is 0 Å². The minimum atomic E-state index is -4.63. The van der Waals surface area contributed by atoms with E-state index in [4.69, 9.17) is 0 Å². The Morgan fingerprint density at radius 1 is 1.13 bits per heavy atom. The van der Waals surface area contributed by atoms with Gasteiger partial charge in [0.05, 0.1) is 6.20 Å². The molecule has 1 aromatic carbocycles. The summed E-state index contributed by atoms with van der Waals surface area (Å²) in [6.45, 7) is 2.81. The number of hydrogen-bond donors (Lipinski definition) is 0. The van der Waals surface area contributed by atoms with E-state index in [0.29, 0.717) is 12.0 Å². The molecule has 0 saturated carbocycles. The van der Waals surface area contributed by atoms with Crippen molar-refractivity contribution in [2.45, 2.75) is 26.1 Å². The highest BCUT2D eigenvalue weighted by molar-refractivity contribution is 5.54. The Hall–Kier alpha value is -2.64. The Bertz CT molecular complexity index is 790. The van der Waals surface area contributed by atoms with Crippen LogP contribution in [0.25, 0.3) is 11.4 Å². The fraction of sp³-hybridized carbons (Fsp3) is 0.267. The minimum absolute atomic E-state index is 0.0809. The average Bonchev–Trinajstić information content (AvgIpc) is 3.16. The van der Waals surface area contributed by atoms with E-state index >= 15 is 0 Å². The Morgan fingerprint density at radius 2 is 1.87 bits per heavy atom. The van der Waals surface area contributed by atoms with Gasteiger partial charge in [0, 0.05) is 24.7 Å². The molecule has 0 aliphatic heterocycles. The maximum atomic E-state index is 12.5. The van der Waals surface area contributed by atoms with Crippen LogP contribution in [0.5, 0.6) is 0 Å². The largest absolute Gasteiger partial charge is 0.471 e. The van der Waals surface area contributed by atoms with Gasteiger partial charge in [-0.2, -0.15) is 23.3 Å². The lowest BCUT2D eigenvalue weighted by molar-refractivity contribution is -0.159. The summed E-state index contributed by atoms with van der Waals surface area (Å²) in [5, 5.41) is 7.56. The number of nitrogens with zero attached hydrogens (tertiary/aromatic N) is 4. The summed E-state index contributed by atoms with van der Waals surface area (Å²) in [7, 11) is 0. The number of benzene rings is 1. The van der Waals surface area contributed by atoms with E-state index in [1.807, 2.05) is 29.9 Å². The Labute approximate surface area is 129 Å². The molecule has 0 fully saturated rings. The van der Waals surface area contributed by atoms with Crippen LogP contribution in [-0.4, -0.2) is 19.9 Å². The number of halogens is 3. The van der Waals surface area contributed by atoms with Crippen molar-refractivity contribution in [3.05, 3.63) is 53.7 Å². The monoisotopic (exact) mass is 322 g/mol. The summed E-state index contributed by atoms with van der Waals surface area (Å²) in [6, 6.07) is 6.99. The molecule has 0 amide bonds. The molecule has 2 heterocycles. The predicted octanol–water partition coefficient (Wildman–Crippen LogP) is 3.56. The van der Waals surface area contributed by atoms with Gasteiger partial charge in [0.2, 0.25) is 5.82 Å². The van der Waals surface area contributed by atoms with Crippen LogP contribution < -0.4 is 0 Å². The minimum Gasteiger partial charge on any atom is -0.329 e. The van der Waals surface area contributed by atoms with Crippen LogP contribution in [0.4, 0.5) is 13.2 Å². The third kappa shape index (κ3) is 3.41. The van der Waals surface area contributed by atoms with Gasteiger partial charge >= 0.3 is 12.1 Å². The Kier molecular flexibility index (Phi) is 3.89. The van der Waals surface area contributed by atoms with Crippen LogP contribution in [0.2, 0.25) is 0 Å². The molecule has 5 nitrogen and oxygen atoms in total. The smallest absolute Gasteiger partial charge is 0.329 e. The molecule has 3 aromatic rings. The zero-order valence-electron chi connectivity index (χ0n) is 12.2. The van der Waals surface area contributed by atoms with Crippen molar-refractivity contribution in [3.8, 4) is 11.4 Å². The topological polar surface area (TPSA) is 56.7 Å². The predicted molar refractivity (Wildman–Crippen MR) is 75.4 cm³/mol. The number of aromatic nitrogens is 4. The second kappa shape index (κ2) is 5.86. The van der Waals surface area contributed by atoms with Gasteiger partial charge in [-0.1, -0.05) is 29.4 Å². The van der Waals surface area contributed by atoms with Crippen molar-refractivity contribution in [2.75, 3.05) is 0 Å². The molecule has 0 saturated heterocycles. The van der Waals surface area contributed by atoms with E-state index in [-0.39, 0.29) is 5.82 Å². The molecule has 0 atom stereocenters. The Morgan fingerprint density at radius 3 is 2.43 bits per heavy atom. The zero-order valence-corrected chi connectivity index (χ0v) is 12.2. The molecular formula is C15H13F3N4O. The molecular weight excluding hydrogens is 309 g/mol.